The van der Waals surface area contributed by atoms with Crippen LogP contribution in [-0.2, 0) is 0 Å². The van der Waals surface area contributed by atoms with E-state index in [1.54, 1.807) is 12.1 Å². The summed E-state index contributed by atoms with van der Waals surface area (Å²) in [6, 6.07) is 5.90. The highest BCUT2D eigenvalue weighted by Crippen LogP contribution is 2.33. The van der Waals surface area contributed by atoms with Crippen molar-refractivity contribution < 1.29 is 13.9 Å². The van der Waals surface area contributed by atoms with Gasteiger partial charge in [0, 0.05) is 0 Å². The van der Waals surface area contributed by atoms with E-state index in [-0.39, 0.29) is 16.3 Å². The molecule has 0 fully saturated rings. The van der Waals surface area contributed by atoms with Gasteiger partial charge >= 0.3 is 0 Å². The summed E-state index contributed by atoms with van der Waals surface area (Å²) >= 11 is 10.4. The third-order valence-corrected chi connectivity index (χ3v) is 4.30. The molecule has 1 aromatic carbocycles. The van der Waals surface area contributed by atoms with Crippen LogP contribution in [0.2, 0.25) is 5.02 Å². The van der Waals surface area contributed by atoms with E-state index in [4.69, 9.17) is 16.3 Å². The molecule has 6 heteroatoms. The Balaban J connectivity index is 2.54. The first-order valence-corrected chi connectivity index (χ1v) is 6.85. The molecule has 2 aromatic rings. The number of thiophene rings is 1. The molecule has 18 heavy (non-hydrogen) atoms. The van der Waals surface area contributed by atoms with Crippen LogP contribution >= 0.6 is 38.9 Å². The van der Waals surface area contributed by atoms with Gasteiger partial charge in [0.15, 0.2) is 0 Å². The van der Waals surface area contributed by atoms with E-state index in [1.165, 1.54) is 30.6 Å². The second-order valence-electron chi connectivity index (χ2n) is 3.37. The first-order valence-electron chi connectivity index (χ1n) is 4.86. The van der Waals surface area contributed by atoms with E-state index < -0.39 is 11.6 Å². The molecule has 0 atom stereocenters. The summed E-state index contributed by atoms with van der Waals surface area (Å²) < 4.78 is 19.5. The van der Waals surface area contributed by atoms with Crippen molar-refractivity contribution in [2.24, 2.45) is 0 Å². The Morgan fingerprint density at radius 2 is 2.11 bits per heavy atom. The Kier molecular flexibility index (Phi) is 4.04. The van der Waals surface area contributed by atoms with Gasteiger partial charge < -0.3 is 4.74 Å². The molecule has 1 heterocycles. The number of carbonyl (C=O) groups excluding carboxylic acids is 1. The second kappa shape index (κ2) is 5.38. The molecule has 0 radical (unpaired) electrons. The molecule has 1 aromatic heterocycles. The number of methoxy groups -OCH3 is 1. The lowest BCUT2D eigenvalue weighted by molar-refractivity contribution is 0.103. The molecule has 0 bridgehead atoms. The normalized spacial score (nSPS) is 10.4. The smallest absolute Gasteiger partial charge is 0.207 e. The highest BCUT2D eigenvalue weighted by Gasteiger charge is 2.22. The Labute approximate surface area is 120 Å². The fourth-order valence-electron chi connectivity index (χ4n) is 1.46. The van der Waals surface area contributed by atoms with Crippen LogP contribution in [-0.4, -0.2) is 12.9 Å². The van der Waals surface area contributed by atoms with Gasteiger partial charge in [-0.1, -0.05) is 11.6 Å². The van der Waals surface area contributed by atoms with Crippen molar-refractivity contribution >= 4 is 44.7 Å². The summed E-state index contributed by atoms with van der Waals surface area (Å²) in [5.74, 6) is -0.834. The quantitative estimate of drug-likeness (QED) is 0.760. The third-order valence-electron chi connectivity index (χ3n) is 2.30. The van der Waals surface area contributed by atoms with Crippen molar-refractivity contribution in [3.8, 4) is 5.75 Å². The molecule has 0 saturated carbocycles. The number of ketones is 1. The van der Waals surface area contributed by atoms with Crippen LogP contribution in [0.15, 0.2) is 28.1 Å². The van der Waals surface area contributed by atoms with Crippen LogP contribution in [0.1, 0.15) is 15.2 Å². The average Bonchev–Trinajstić information content (AvgIpc) is 2.76. The van der Waals surface area contributed by atoms with Crippen molar-refractivity contribution in [1.82, 2.24) is 0 Å². The van der Waals surface area contributed by atoms with Crippen LogP contribution in [0.25, 0.3) is 0 Å². The summed E-state index contributed by atoms with van der Waals surface area (Å²) in [7, 11) is 1.41. The lowest BCUT2D eigenvalue weighted by Gasteiger charge is -2.08. The first kappa shape index (κ1) is 13.5. The number of benzene rings is 1. The Bertz CT molecular complexity index is 612. The summed E-state index contributed by atoms with van der Waals surface area (Å²) in [6.45, 7) is 0. The number of hydrogen-bond donors (Lipinski definition) is 0. The number of rotatable bonds is 3. The average molecular weight is 350 g/mol. The summed E-state index contributed by atoms with van der Waals surface area (Å²) in [4.78, 5) is 12.6. The van der Waals surface area contributed by atoms with Crippen LogP contribution < -0.4 is 4.74 Å². The summed E-state index contributed by atoms with van der Waals surface area (Å²) in [5, 5.41) is -0.00739. The molecule has 94 valence electrons. The van der Waals surface area contributed by atoms with E-state index >= 15 is 0 Å². The van der Waals surface area contributed by atoms with E-state index in [9.17, 15) is 9.18 Å². The van der Waals surface area contributed by atoms with Gasteiger partial charge in [0.1, 0.15) is 11.6 Å². The highest BCUT2D eigenvalue weighted by molar-refractivity contribution is 9.11. The molecule has 0 unspecified atom stereocenters. The molecule has 0 spiro atoms. The van der Waals surface area contributed by atoms with Gasteiger partial charge in [-0.15, -0.1) is 11.3 Å². The molecule has 0 amide bonds. The number of carbonyl (C=O) groups is 1. The molecule has 0 N–H and O–H groups in total. The van der Waals surface area contributed by atoms with Crippen molar-refractivity contribution in [2.45, 2.75) is 0 Å². The SMILES string of the molecule is COc1ccc(F)c(C(=O)c2ccc(Br)s2)c1Cl. The van der Waals surface area contributed by atoms with Crippen molar-refractivity contribution in [3.63, 3.8) is 0 Å². The minimum absolute atomic E-state index is 0.00739. The zero-order chi connectivity index (χ0) is 13.3. The van der Waals surface area contributed by atoms with Crippen molar-refractivity contribution in [3.05, 3.63) is 49.3 Å². The van der Waals surface area contributed by atoms with E-state index in [0.29, 0.717) is 4.88 Å². The molecule has 0 saturated heterocycles. The molecule has 0 aliphatic carbocycles. The van der Waals surface area contributed by atoms with Crippen LogP contribution in [0.3, 0.4) is 0 Å². The fourth-order valence-corrected chi connectivity index (χ4v) is 3.11. The van der Waals surface area contributed by atoms with Gasteiger partial charge in [-0.2, -0.15) is 0 Å². The number of hydrogen-bond acceptors (Lipinski definition) is 3. The minimum atomic E-state index is -0.657. The maximum atomic E-state index is 13.7. The highest BCUT2D eigenvalue weighted by atomic mass is 79.9. The Morgan fingerprint density at radius 3 is 2.67 bits per heavy atom. The number of halogens is 3. The molecular formula is C12H7BrClFO2S. The zero-order valence-corrected chi connectivity index (χ0v) is 12.3. The number of ether oxygens (including phenoxy) is 1. The predicted molar refractivity (Wildman–Crippen MR) is 73.4 cm³/mol. The third kappa shape index (κ3) is 2.43. The Morgan fingerprint density at radius 1 is 1.39 bits per heavy atom. The monoisotopic (exact) mass is 348 g/mol. The van der Waals surface area contributed by atoms with Gasteiger partial charge in [-0.3, -0.25) is 4.79 Å². The van der Waals surface area contributed by atoms with Crippen molar-refractivity contribution in [1.29, 1.82) is 0 Å². The zero-order valence-electron chi connectivity index (χ0n) is 9.17. The molecule has 2 rings (SSSR count). The van der Waals surface area contributed by atoms with Crippen LogP contribution in [0.4, 0.5) is 4.39 Å². The van der Waals surface area contributed by atoms with Crippen LogP contribution in [0.5, 0.6) is 5.75 Å². The largest absolute Gasteiger partial charge is 0.495 e. The topological polar surface area (TPSA) is 26.3 Å². The second-order valence-corrected chi connectivity index (χ2v) is 6.21. The van der Waals surface area contributed by atoms with Gasteiger partial charge in [-0.25, -0.2) is 4.39 Å². The van der Waals surface area contributed by atoms with E-state index in [1.807, 2.05) is 0 Å². The molecule has 0 aliphatic heterocycles. The summed E-state index contributed by atoms with van der Waals surface area (Å²) in [6.07, 6.45) is 0. The maximum Gasteiger partial charge on any atom is 0.207 e. The lowest BCUT2D eigenvalue weighted by Crippen LogP contribution is -2.04. The van der Waals surface area contributed by atoms with Crippen LogP contribution in [0, 0.1) is 5.82 Å². The first-order chi connectivity index (χ1) is 8.54. The Hall–Kier alpha value is -0.910. The molecule has 2 nitrogen and oxygen atoms in total. The van der Waals surface area contributed by atoms with Gasteiger partial charge in [-0.05, 0) is 40.2 Å². The lowest BCUT2D eigenvalue weighted by atomic mass is 10.1. The molecule has 0 aliphatic rings. The van der Waals surface area contributed by atoms with E-state index in [0.717, 1.165) is 3.79 Å². The minimum Gasteiger partial charge on any atom is -0.495 e. The van der Waals surface area contributed by atoms with Gasteiger partial charge in [0.2, 0.25) is 5.78 Å². The fraction of sp³-hybridized carbons (Fsp3) is 0.0833. The standard InChI is InChI=1S/C12H7BrClFO2S/c1-17-7-3-2-6(15)10(11(7)14)12(16)8-4-5-9(13)18-8/h2-5H,1H3. The predicted octanol–water partition coefficient (Wildman–Crippen LogP) is 4.54. The van der Waals surface area contributed by atoms with Gasteiger partial charge in [0.05, 0.1) is 26.4 Å². The maximum absolute atomic E-state index is 13.7. The van der Waals surface area contributed by atoms with E-state index in [2.05, 4.69) is 15.9 Å². The molecular weight excluding hydrogens is 343 g/mol. The van der Waals surface area contributed by atoms with Gasteiger partial charge in [0.25, 0.3) is 0 Å². The van der Waals surface area contributed by atoms with Crippen molar-refractivity contribution in [2.75, 3.05) is 7.11 Å². The summed E-state index contributed by atoms with van der Waals surface area (Å²) in [5.41, 5.74) is -0.162.